The summed E-state index contributed by atoms with van der Waals surface area (Å²) in [4.78, 5) is 27.5. The SMILES string of the molecule is C[C@@H]1[C@@H](C)C[C@H](CC(=O)O)/C=C\[C@@H]2CC[C@H]2CN2C[C@@]3(CCCc4cc(Cl)ccc43)COc3ccc(cc32)C(=O)NS1(=O)=O. The second-order valence-corrected chi connectivity index (χ2v) is 15.9. The van der Waals surface area contributed by atoms with E-state index in [0.717, 1.165) is 49.4 Å². The molecule has 2 aromatic rings. The Hall–Kier alpha value is -3.04. The minimum Gasteiger partial charge on any atom is -0.490 e. The summed E-state index contributed by atoms with van der Waals surface area (Å²) in [6.07, 6.45) is 9.50. The maximum atomic E-state index is 13.4. The number of benzene rings is 2. The van der Waals surface area contributed by atoms with E-state index in [9.17, 15) is 23.1 Å². The van der Waals surface area contributed by atoms with Crippen LogP contribution in [0.5, 0.6) is 5.75 Å². The van der Waals surface area contributed by atoms with Crippen molar-refractivity contribution in [1.29, 1.82) is 0 Å². The molecule has 1 amide bonds. The summed E-state index contributed by atoms with van der Waals surface area (Å²) in [7, 11) is -4.02. The van der Waals surface area contributed by atoms with Crippen LogP contribution in [0.15, 0.2) is 48.6 Å². The highest BCUT2D eigenvalue weighted by molar-refractivity contribution is 7.90. The fourth-order valence-electron chi connectivity index (χ4n) is 7.62. The van der Waals surface area contributed by atoms with Crippen molar-refractivity contribution in [3.63, 3.8) is 0 Å². The Bertz CT molecular complexity index is 1590. The first-order valence-electron chi connectivity index (χ1n) is 15.7. The molecule has 0 saturated heterocycles. The number of carbonyl (C=O) groups excluding carboxylic acids is 1. The highest BCUT2D eigenvalue weighted by Gasteiger charge is 2.43. The van der Waals surface area contributed by atoms with Crippen molar-refractivity contribution in [2.24, 2.45) is 23.7 Å². The summed E-state index contributed by atoms with van der Waals surface area (Å²) in [5.74, 6) is -0.926. The van der Waals surface area contributed by atoms with Crippen molar-refractivity contribution in [1.82, 2.24) is 4.72 Å². The lowest BCUT2D eigenvalue weighted by molar-refractivity contribution is -0.137. The van der Waals surface area contributed by atoms with Gasteiger partial charge in [0.05, 0.1) is 24.0 Å². The molecule has 1 saturated carbocycles. The van der Waals surface area contributed by atoms with Crippen LogP contribution >= 0.6 is 11.6 Å². The number of aryl methyl sites for hydroxylation is 1. The van der Waals surface area contributed by atoms with Crippen LogP contribution in [0.2, 0.25) is 5.02 Å². The van der Waals surface area contributed by atoms with Crippen LogP contribution in [-0.4, -0.2) is 50.3 Å². The minimum absolute atomic E-state index is 0.0688. The molecule has 8 nitrogen and oxygen atoms in total. The van der Waals surface area contributed by atoms with Crippen LogP contribution in [-0.2, 0) is 26.7 Å². The van der Waals surface area contributed by atoms with Gasteiger partial charge in [-0.15, -0.1) is 0 Å². The first kappa shape index (κ1) is 31.0. The van der Waals surface area contributed by atoms with Crippen LogP contribution in [0.4, 0.5) is 5.69 Å². The molecule has 2 aromatic carbocycles. The number of hydrogen-bond donors (Lipinski definition) is 2. The van der Waals surface area contributed by atoms with Gasteiger partial charge in [0.15, 0.2) is 0 Å². The van der Waals surface area contributed by atoms with Gasteiger partial charge in [-0.1, -0.05) is 36.7 Å². The van der Waals surface area contributed by atoms with E-state index in [1.54, 1.807) is 32.0 Å². The molecule has 10 heteroatoms. The first-order chi connectivity index (χ1) is 20.9. The van der Waals surface area contributed by atoms with Gasteiger partial charge in [-0.05, 0) is 111 Å². The zero-order chi connectivity index (χ0) is 31.2. The molecule has 0 radical (unpaired) electrons. The molecule has 2 aliphatic heterocycles. The van der Waals surface area contributed by atoms with E-state index in [4.69, 9.17) is 16.3 Å². The molecule has 2 aliphatic carbocycles. The van der Waals surface area contributed by atoms with Crippen molar-refractivity contribution in [2.75, 3.05) is 24.6 Å². The monoisotopic (exact) mass is 640 g/mol. The standard InChI is InChI=1S/C34H41ClN2O6S/c1-21-14-23(15-32(38)39)5-6-24-7-8-27(24)18-37-19-34(13-3-4-25-16-28(35)10-11-29(25)34)20-43-31-12-9-26(17-30(31)37)33(40)36-44(41,42)22(21)2/h5-6,9-12,16-17,21-24,27H,3-4,7-8,13-15,18-20H2,1-2H3,(H,36,40)(H,38,39)/b6-5-/t21-,22+,23+,24+,27-,34-/m0/s1. The number of rotatable bonds is 2. The summed E-state index contributed by atoms with van der Waals surface area (Å²) in [6, 6.07) is 11.3. The summed E-state index contributed by atoms with van der Waals surface area (Å²) in [5.41, 5.74) is 3.28. The molecule has 236 valence electrons. The fourth-order valence-corrected chi connectivity index (χ4v) is 9.10. The fraction of sp³-hybridized carbons (Fsp3) is 0.529. The van der Waals surface area contributed by atoms with E-state index in [-0.39, 0.29) is 29.2 Å². The lowest BCUT2D eigenvalue weighted by Crippen LogP contribution is -2.48. The van der Waals surface area contributed by atoms with Crippen LogP contribution in [0.3, 0.4) is 0 Å². The largest absolute Gasteiger partial charge is 0.490 e. The van der Waals surface area contributed by atoms with Gasteiger partial charge in [-0.25, -0.2) is 13.1 Å². The number of fused-ring (bicyclic) bond motifs is 4. The topological polar surface area (TPSA) is 113 Å². The summed E-state index contributed by atoms with van der Waals surface area (Å²) < 4.78 is 35.5. The van der Waals surface area contributed by atoms with Crippen molar-refractivity contribution in [3.05, 3.63) is 70.3 Å². The molecule has 2 heterocycles. The predicted octanol–water partition coefficient (Wildman–Crippen LogP) is 5.97. The van der Waals surface area contributed by atoms with E-state index < -0.39 is 27.1 Å². The Morgan fingerprint density at radius 2 is 1.98 bits per heavy atom. The number of amides is 1. The second kappa shape index (κ2) is 12.0. The zero-order valence-corrected chi connectivity index (χ0v) is 26.9. The first-order valence-corrected chi connectivity index (χ1v) is 17.6. The maximum Gasteiger partial charge on any atom is 0.303 e. The zero-order valence-electron chi connectivity index (χ0n) is 25.3. The van der Waals surface area contributed by atoms with Crippen LogP contribution in [0.25, 0.3) is 0 Å². The smallest absolute Gasteiger partial charge is 0.303 e. The molecule has 2 N–H and O–H groups in total. The molecule has 2 bridgehead atoms. The van der Waals surface area contributed by atoms with Crippen molar-refractivity contribution < 1.29 is 27.9 Å². The predicted molar refractivity (Wildman–Crippen MR) is 171 cm³/mol. The Balaban J connectivity index is 1.41. The average molecular weight is 641 g/mol. The number of hydrogen-bond acceptors (Lipinski definition) is 6. The van der Waals surface area contributed by atoms with Gasteiger partial charge in [0, 0.05) is 29.1 Å². The average Bonchev–Trinajstić information content (AvgIpc) is 3.10. The minimum atomic E-state index is -4.02. The molecule has 44 heavy (non-hydrogen) atoms. The highest BCUT2D eigenvalue weighted by Crippen LogP contribution is 2.46. The molecule has 1 fully saturated rings. The third-order valence-corrected chi connectivity index (χ3v) is 12.6. The Morgan fingerprint density at radius 1 is 1.16 bits per heavy atom. The normalized spacial score (nSPS) is 32.2. The second-order valence-electron chi connectivity index (χ2n) is 13.4. The maximum absolute atomic E-state index is 13.4. The van der Waals surface area contributed by atoms with Crippen LogP contribution in [0, 0.1) is 23.7 Å². The number of halogens is 1. The lowest BCUT2D eigenvalue weighted by atomic mass is 9.69. The Labute approximate surface area is 264 Å². The number of anilines is 1. The van der Waals surface area contributed by atoms with E-state index >= 15 is 0 Å². The Morgan fingerprint density at radius 3 is 2.73 bits per heavy atom. The van der Waals surface area contributed by atoms with E-state index in [2.05, 4.69) is 27.8 Å². The molecule has 1 spiro atoms. The van der Waals surface area contributed by atoms with E-state index in [1.165, 1.54) is 11.1 Å². The quantitative estimate of drug-likeness (QED) is 0.389. The van der Waals surface area contributed by atoms with Gasteiger partial charge in [-0.2, -0.15) is 0 Å². The number of nitrogens with one attached hydrogen (secondary N) is 1. The van der Waals surface area contributed by atoms with Gasteiger partial charge in [-0.3, -0.25) is 9.59 Å². The number of nitrogens with zero attached hydrogens (tertiary/aromatic N) is 1. The van der Waals surface area contributed by atoms with Crippen molar-refractivity contribution in [3.8, 4) is 5.75 Å². The lowest BCUT2D eigenvalue weighted by Gasteiger charge is -2.44. The van der Waals surface area contributed by atoms with Gasteiger partial charge >= 0.3 is 5.97 Å². The van der Waals surface area contributed by atoms with Gasteiger partial charge in [0.1, 0.15) is 5.75 Å². The highest BCUT2D eigenvalue weighted by atomic mass is 35.5. The molecular weight excluding hydrogens is 600 g/mol. The van der Waals surface area contributed by atoms with Crippen molar-refractivity contribution >= 4 is 39.2 Å². The molecule has 0 aromatic heterocycles. The molecule has 4 aliphatic rings. The van der Waals surface area contributed by atoms with Crippen molar-refractivity contribution in [2.45, 2.75) is 69.5 Å². The van der Waals surface area contributed by atoms with E-state index in [0.29, 0.717) is 37.2 Å². The summed E-state index contributed by atoms with van der Waals surface area (Å²) in [6.45, 7) is 5.31. The number of sulfonamides is 1. The molecular formula is C34H41ClN2O6S. The van der Waals surface area contributed by atoms with Gasteiger partial charge in [0.2, 0.25) is 10.0 Å². The third-order valence-electron chi connectivity index (χ3n) is 10.5. The Kier molecular flexibility index (Phi) is 8.48. The summed E-state index contributed by atoms with van der Waals surface area (Å²) in [5, 5.41) is 9.43. The number of carbonyl (C=O) groups is 2. The molecule has 0 unspecified atom stereocenters. The van der Waals surface area contributed by atoms with Crippen LogP contribution in [0.1, 0.15) is 73.9 Å². The third kappa shape index (κ3) is 6.10. The van der Waals surface area contributed by atoms with Gasteiger partial charge < -0.3 is 14.7 Å². The van der Waals surface area contributed by atoms with Crippen LogP contribution < -0.4 is 14.4 Å². The molecule has 6 atom stereocenters. The number of allylic oxidation sites excluding steroid dienone is 2. The summed E-state index contributed by atoms with van der Waals surface area (Å²) >= 11 is 6.39. The number of carboxylic acid groups (broad SMARTS) is 1. The van der Waals surface area contributed by atoms with Gasteiger partial charge in [0.25, 0.3) is 5.91 Å². The number of carboxylic acids is 1. The number of ether oxygens (including phenoxy) is 1. The molecule has 6 rings (SSSR count). The van der Waals surface area contributed by atoms with E-state index in [1.807, 2.05) is 12.1 Å². The number of aliphatic carboxylic acids is 1.